The molecule has 5 nitrogen and oxygen atoms in total. The van der Waals surface area contributed by atoms with E-state index in [2.05, 4.69) is 4.98 Å². The average Bonchev–Trinajstić information content (AvgIpc) is 2.19. The molecule has 0 saturated heterocycles. The Hall–Kier alpha value is -1.88. The van der Waals surface area contributed by atoms with Gasteiger partial charge in [-0.05, 0) is 12.1 Å². The molecule has 2 rings (SSSR count). The van der Waals surface area contributed by atoms with Gasteiger partial charge in [-0.2, -0.15) is 0 Å². The minimum absolute atomic E-state index is 0.187. The van der Waals surface area contributed by atoms with Gasteiger partial charge < -0.3 is 5.11 Å². The summed E-state index contributed by atoms with van der Waals surface area (Å²) in [6.07, 6.45) is -0.423. The van der Waals surface area contributed by atoms with Gasteiger partial charge in [-0.15, -0.1) is 0 Å². The Balaban J connectivity index is 2.92. The van der Waals surface area contributed by atoms with Gasteiger partial charge in [0.2, 0.25) is 0 Å². The van der Waals surface area contributed by atoms with Crippen LogP contribution in [0.2, 0.25) is 5.02 Å². The van der Waals surface area contributed by atoms with Crippen molar-refractivity contribution >= 4 is 28.6 Å². The smallest absolute Gasteiger partial charge is 0.419 e. The summed E-state index contributed by atoms with van der Waals surface area (Å²) in [5, 5.41) is 9.19. The van der Waals surface area contributed by atoms with Gasteiger partial charge in [0.25, 0.3) is 5.56 Å². The molecule has 0 amide bonds. The van der Waals surface area contributed by atoms with Crippen molar-refractivity contribution in [2.24, 2.45) is 0 Å². The Labute approximate surface area is 88.5 Å². The number of nitrogens with zero attached hydrogens (tertiary/aromatic N) is 2. The van der Waals surface area contributed by atoms with Gasteiger partial charge in [-0.25, -0.2) is 14.3 Å². The Bertz CT molecular complexity index is 606. The molecule has 0 bridgehead atoms. The summed E-state index contributed by atoms with van der Waals surface area (Å²) in [4.78, 5) is 26.1. The van der Waals surface area contributed by atoms with E-state index in [0.29, 0.717) is 15.1 Å². The second-order valence-corrected chi connectivity index (χ2v) is 3.25. The van der Waals surface area contributed by atoms with E-state index in [0.717, 1.165) is 6.33 Å². The molecule has 2 aromatic rings. The molecule has 0 spiro atoms. The molecule has 6 heteroatoms. The molecule has 0 unspecified atom stereocenters. The SMILES string of the molecule is O=C(O)n1cnc2c(Cl)cccc2c1=O. The maximum atomic E-state index is 11.6. The highest BCUT2D eigenvalue weighted by molar-refractivity contribution is 6.34. The Morgan fingerprint density at radius 1 is 1.47 bits per heavy atom. The zero-order chi connectivity index (χ0) is 11.0. The first kappa shape index (κ1) is 9.67. The van der Waals surface area contributed by atoms with Crippen LogP contribution in [0, 0.1) is 0 Å². The van der Waals surface area contributed by atoms with E-state index in [-0.39, 0.29) is 5.39 Å². The van der Waals surface area contributed by atoms with E-state index in [1.165, 1.54) is 6.07 Å². The maximum absolute atomic E-state index is 11.6. The van der Waals surface area contributed by atoms with Crippen LogP contribution in [0.5, 0.6) is 0 Å². The molecule has 1 aromatic carbocycles. The third-order valence-corrected chi connectivity index (χ3v) is 2.25. The van der Waals surface area contributed by atoms with Crippen LogP contribution in [0.1, 0.15) is 0 Å². The predicted molar refractivity (Wildman–Crippen MR) is 54.4 cm³/mol. The number of fused-ring (bicyclic) bond motifs is 1. The highest BCUT2D eigenvalue weighted by Gasteiger charge is 2.09. The van der Waals surface area contributed by atoms with Crippen LogP contribution < -0.4 is 5.56 Å². The number of hydrogen-bond acceptors (Lipinski definition) is 3. The van der Waals surface area contributed by atoms with E-state index in [1.54, 1.807) is 12.1 Å². The summed E-state index contributed by atoms with van der Waals surface area (Å²) < 4.78 is 0.513. The van der Waals surface area contributed by atoms with Crippen LogP contribution in [-0.2, 0) is 0 Å². The quantitative estimate of drug-likeness (QED) is 0.737. The fourth-order valence-electron chi connectivity index (χ4n) is 1.25. The summed E-state index contributed by atoms with van der Waals surface area (Å²) >= 11 is 5.80. The van der Waals surface area contributed by atoms with Gasteiger partial charge in [0, 0.05) is 0 Å². The van der Waals surface area contributed by atoms with Crippen molar-refractivity contribution in [2.45, 2.75) is 0 Å². The van der Waals surface area contributed by atoms with E-state index >= 15 is 0 Å². The van der Waals surface area contributed by atoms with Crippen molar-refractivity contribution in [3.8, 4) is 0 Å². The van der Waals surface area contributed by atoms with Crippen molar-refractivity contribution in [3.63, 3.8) is 0 Å². The zero-order valence-corrected chi connectivity index (χ0v) is 8.10. The summed E-state index contributed by atoms with van der Waals surface area (Å²) in [5.74, 6) is 0. The summed E-state index contributed by atoms with van der Waals surface area (Å²) in [7, 11) is 0. The molecule has 0 saturated carbocycles. The molecule has 0 radical (unpaired) electrons. The number of carboxylic acid groups (broad SMARTS) is 1. The summed E-state index contributed by atoms with van der Waals surface area (Å²) in [5.41, 5.74) is -0.336. The highest BCUT2D eigenvalue weighted by Crippen LogP contribution is 2.17. The van der Waals surface area contributed by atoms with E-state index in [9.17, 15) is 9.59 Å². The monoisotopic (exact) mass is 224 g/mol. The minimum Gasteiger partial charge on any atom is -0.464 e. The number of hydrogen-bond donors (Lipinski definition) is 1. The number of aromatic nitrogens is 2. The van der Waals surface area contributed by atoms with E-state index < -0.39 is 11.7 Å². The van der Waals surface area contributed by atoms with Gasteiger partial charge in [-0.3, -0.25) is 4.79 Å². The summed E-state index contributed by atoms with van der Waals surface area (Å²) in [6, 6.07) is 4.64. The molecule has 1 heterocycles. The van der Waals surface area contributed by atoms with Crippen LogP contribution in [0.15, 0.2) is 29.3 Å². The Morgan fingerprint density at radius 3 is 2.87 bits per heavy atom. The molecule has 0 fully saturated rings. The van der Waals surface area contributed by atoms with E-state index in [1.807, 2.05) is 0 Å². The lowest BCUT2D eigenvalue weighted by molar-refractivity contribution is 0.195. The molecular formula is C9H5ClN2O3. The molecule has 0 aliphatic heterocycles. The fraction of sp³-hybridized carbons (Fsp3) is 0. The van der Waals surface area contributed by atoms with Crippen molar-refractivity contribution < 1.29 is 9.90 Å². The Morgan fingerprint density at radius 2 is 2.20 bits per heavy atom. The summed E-state index contributed by atoms with van der Waals surface area (Å²) in [6.45, 7) is 0. The van der Waals surface area contributed by atoms with Gasteiger partial charge in [-0.1, -0.05) is 17.7 Å². The number of rotatable bonds is 0. The lowest BCUT2D eigenvalue weighted by Crippen LogP contribution is -2.25. The first-order valence-corrected chi connectivity index (χ1v) is 4.38. The van der Waals surface area contributed by atoms with Crippen LogP contribution in [0.3, 0.4) is 0 Å². The first-order valence-electron chi connectivity index (χ1n) is 4.00. The first-order chi connectivity index (χ1) is 7.11. The van der Waals surface area contributed by atoms with Crippen molar-refractivity contribution in [3.05, 3.63) is 39.9 Å². The van der Waals surface area contributed by atoms with Crippen molar-refractivity contribution in [1.82, 2.24) is 9.55 Å². The third-order valence-electron chi connectivity index (χ3n) is 1.94. The lowest BCUT2D eigenvalue weighted by atomic mass is 10.2. The van der Waals surface area contributed by atoms with Crippen molar-refractivity contribution in [1.29, 1.82) is 0 Å². The van der Waals surface area contributed by atoms with Crippen LogP contribution in [0.25, 0.3) is 10.9 Å². The predicted octanol–water partition coefficient (Wildman–Crippen LogP) is 1.58. The van der Waals surface area contributed by atoms with Crippen LogP contribution in [0.4, 0.5) is 4.79 Å². The lowest BCUT2D eigenvalue weighted by Gasteiger charge is -2.01. The number of para-hydroxylation sites is 1. The van der Waals surface area contributed by atoms with Gasteiger partial charge in [0.15, 0.2) is 0 Å². The Kier molecular flexibility index (Phi) is 2.17. The third kappa shape index (κ3) is 1.46. The molecule has 0 aliphatic rings. The molecule has 76 valence electrons. The molecule has 15 heavy (non-hydrogen) atoms. The topological polar surface area (TPSA) is 72.2 Å². The normalized spacial score (nSPS) is 10.5. The second kappa shape index (κ2) is 3.36. The zero-order valence-electron chi connectivity index (χ0n) is 7.35. The molecular weight excluding hydrogens is 220 g/mol. The average molecular weight is 225 g/mol. The van der Waals surface area contributed by atoms with Gasteiger partial charge >= 0.3 is 6.09 Å². The number of carbonyl (C=O) groups is 1. The molecule has 0 aliphatic carbocycles. The highest BCUT2D eigenvalue weighted by atomic mass is 35.5. The minimum atomic E-state index is -1.37. The van der Waals surface area contributed by atoms with Crippen LogP contribution >= 0.6 is 11.6 Å². The molecule has 1 aromatic heterocycles. The second-order valence-electron chi connectivity index (χ2n) is 2.84. The molecule has 1 N–H and O–H groups in total. The van der Waals surface area contributed by atoms with E-state index in [4.69, 9.17) is 16.7 Å². The van der Waals surface area contributed by atoms with Gasteiger partial charge in [0.05, 0.1) is 15.9 Å². The number of benzene rings is 1. The van der Waals surface area contributed by atoms with Crippen LogP contribution in [-0.4, -0.2) is 20.8 Å². The largest absolute Gasteiger partial charge is 0.464 e. The molecule has 0 atom stereocenters. The number of halogens is 1. The van der Waals surface area contributed by atoms with Gasteiger partial charge in [0.1, 0.15) is 6.33 Å². The standard InChI is InChI=1S/C9H5ClN2O3/c10-6-3-1-2-5-7(6)11-4-12(8(5)13)9(14)15/h1-4H,(H,14,15). The fourth-order valence-corrected chi connectivity index (χ4v) is 1.48. The maximum Gasteiger partial charge on any atom is 0.419 e. The van der Waals surface area contributed by atoms with Crippen molar-refractivity contribution in [2.75, 3.05) is 0 Å².